The van der Waals surface area contributed by atoms with Gasteiger partial charge >= 0.3 is 0 Å². The lowest BCUT2D eigenvalue weighted by Crippen LogP contribution is -2.45. The van der Waals surface area contributed by atoms with E-state index in [9.17, 15) is 10.2 Å². The first-order valence-electron chi connectivity index (χ1n) is 4.65. The number of aliphatic hydroxyl groups is 2. The second kappa shape index (κ2) is 3.58. The van der Waals surface area contributed by atoms with Crippen molar-refractivity contribution in [1.29, 1.82) is 0 Å². The predicted molar refractivity (Wildman–Crippen MR) is 48.9 cm³/mol. The number of rotatable bonds is 1. The van der Waals surface area contributed by atoms with Crippen LogP contribution in [0.4, 0.5) is 0 Å². The molecule has 1 fully saturated rings. The van der Waals surface area contributed by atoms with Crippen molar-refractivity contribution < 1.29 is 10.2 Å². The normalized spacial score (nSPS) is 38.3. The summed E-state index contributed by atoms with van der Waals surface area (Å²) in [7, 11) is 0. The molecule has 1 saturated carbocycles. The molecule has 2 N–H and O–H groups in total. The molecule has 2 atom stereocenters. The molecule has 1 aliphatic carbocycles. The maximum Gasteiger partial charge on any atom is 0.111 e. The van der Waals surface area contributed by atoms with Gasteiger partial charge in [-0.05, 0) is 32.3 Å². The van der Waals surface area contributed by atoms with E-state index in [0.29, 0.717) is 6.42 Å². The van der Waals surface area contributed by atoms with E-state index < -0.39 is 11.7 Å². The molecule has 2 nitrogen and oxygen atoms in total. The Morgan fingerprint density at radius 3 is 2.67 bits per heavy atom. The fourth-order valence-corrected chi connectivity index (χ4v) is 1.85. The van der Waals surface area contributed by atoms with Crippen molar-refractivity contribution in [2.75, 3.05) is 0 Å². The van der Waals surface area contributed by atoms with Crippen LogP contribution in [-0.2, 0) is 0 Å². The van der Waals surface area contributed by atoms with Crippen LogP contribution in [0.25, 0.3) is 0 Å². The first-order valence-corrected chi connectivity index (χ1v) is 4.65. The molecule has 0 radical (unpaired) electrons. The van der Waals surface area contributed by atoms with Gasteiger partial charge in [0.05, 0.1) is 6.10 Å². The second-order valence-corrected chi connectivity index (χ2v) is 3.66. The highest BCUT2D eigenvalue weighted by Crippen LogP contribution is 2.34. The molecule has 0 aromatic heterocycles. The van der Waals surface area contributed by atoms with Crippen molar-refractivity contribution in [2.45, 2.75) is 51.2 Å². The molecule has 1 aliphatic rings. The fourth-order valence-electron chi connectivity index (χ4n) is 1.85. The van der Waals surface area contributed by atoms with Gasteiger partial charge in [-0.25, -0.2) is 0 Å². The third kappa shape index (κ3) is 1.54. The lowest BCUT2D eigenvalue weighted by molar-refractivity contribution is -0.0734. The maximum absolute atomic E-state index is 10.1. The molecule has 0 aromatic carbocycles. The van der Waals surface area contributed by atoms with Gasteiger partial charge in [-0.2, -0.15) is 0 Å². The molecule has 0 aromatic rings. The third-order valence-electron chi connectivity index (χ3n) is 2.95. The van der Waals surface area contributed by atoms with Crippen molar-refractivity contribution in [1.82, 2.24) is 0 Å². The van der Waals surface area contributed by atoms with Gasteiger partial charge in [0.15, 0.2) is 0 Å². The van der Waals surface area contributed by atoms with E-state index in [4.69, 9.17) is 0 Å². The fraction of sp³-hybridized carbons (Fsp3) is 0.800. The van der Waals surface area contributed by atoms with Crippen LogP contribution in [0.3, 0.4) is 0 Å². The van der Waals surface area contributed by atoms with Gasteiger partial charge in [0.1, 0.15) is 5.60 Å². The SMILES string of the molecule is C/C=C(/C)C1(O)CCCCC1O. The standard InChI is InChI=1S/C10H18O2/c1-3-8(2)10(12)7-5-4-6-9(10)11/h3,9,11-12H,4-7H2,1-2H3/b8-3-. The van der Waals surface area contributed by atoms with Gasteiger partial charge < -0.3 is 10.2 Å². The molecule has 0 heterocycles. The van der Waals surface area contributed by atoms with Gasteiger partial charge in [-0.15, -0.1) is 0 Å². The zero-order chi connectivity index (χ0) is 9.19. The maximum atomic E-state index is 10.1. The van der Waals surface area contributed by atoms with E-state index in [1.165, 1.54) is 0 Å². The van der Waals surface area contributed by atoms with Crippen molar-refractivity contribution in [3.8, 4) is 0 Å². The van der Waals surface area contributed by atoms with E-state index in [1.54, 1.807) is 0 Å². The highest BCUT2D eigenvalue weighted by atomic mass is 16.3. The van der Waals surface area contributed by atoms with E-state index >= 15 is 0 Å². The van der Waals surface area contributed by atoms with Crippen LogP contribution < -0.4 is 0 Å². The Hall–Kier alpha value is -0.340. The Morgan fingerprint density at radius 1 is 1.50 bits per heavy atom. The van der Waals surface area contributed by atoms with Gasteiger partial charge in [-0.1, -0.05) is 18.9 Å². The Morgan fingerprint density at radius 2 is 2.17 bits per heavy atom. The highest BCUT2D eigenvalue weighted by Gasteiger charge is 2.38. The molecule has 0 saturated heterocycles. The molecular formula is C10H18O2. The van der Waals surface area contributed by atoms with Crippen LogP contribution in [0, 0.1) is 0 Å². The van der Waals surface area contributed by atoms with Crippen LogP contribution in [0.2, 0.25) is 0 Å². The first kappa shape index (κ1) is 9.75. The zero-order valence-corrected chi connectivity index (χ0v) is 7.88. The summed E-state index contributed by atoms with van der Waals surface area (Å²) < 4.78 is 0. The summed E-state index contributed by atoms with van der Waals surface area (Å²) in [4.78, 5) is 0. The summed E-state index contributed by atoms with van der Waals surface area (Å²) >= 11 is 0. The summed E-state index contributed by atoms with van der Waals surface area (Å²) in [6.45, 7) is 3.78. The van der Waals surface area contributed by atoms with Crippen LogP contribution in [0.1, 0.15) is 39.5 Å². The number of allylic oxidation sites excluding steroid dienone is 1. The van der Waals surface area contributed by atoms with E-state index in [2.05, 4.69) is 0 Å². The topological polar surface area (TPSA) is 40.5 Å². The third-order valence-corrected chi connectivity index (χ3v) is 2.95. The monoisotopic (exact) mass is 170 g/mol. The zero-order valence-electron chi connectivity index (χ0n) is 7.88. The predicted octanol–water partition coefficient (Wildman–Crippen LogP) is 1.62. The molecule has 0 aliphatic heterocycles. The Kier molecular flexibility index (Phi) is 2.91. The summed E-state index contributed by atoms with van der Waals surface area (Å²) in [5.74, 6) is 0. The molecule has 12 heavy (non-hydrogen) atoms. The molecule has 0 amide bonds. The molecule has 2 heteroatoms. The minimum absolute atomic E-state index is 0.567. The molecule has 0 spiro atoms. The molecule has 2 unspecified atom stereocenters. The van der Waals surface area contributed by atoms with Crippen LogP contribution >= 0.6 is 0 Å². The van der Waals surface area contributed by atoms with Crippen molar-refractivity contribution >= 4 is 0 Å². The summed E-state index contributed by atoms with van der Waals surface area (Å²) in [5, 5.41) is 19.7. The minimum Gasteiger partial charge on any atom is -0.390 e. The van der Waals surface area contributed by atoms with Crippen LogP contribution in [0.5, 0.6) is 0 Å². The van der Waals surface area contributed by atoms with Crippen LogP contribution in [0.15, 0.2) is 11.6 Å². The summed E-state index contributed by atoms with van der Waals surface area (Å²) in [5.41, 5.74) is -0.0396. The Labute approximate surface area is 73.9 Å². The minimum atomic E-state index is -0.937. The van der Waals surface area contributed by atoms with E-state index in [-0.39, 0.29) is 0 Å². The van der Waals surface area contributed by atoms with Crippen molar-refractivity contribution in [3.63, 3.8) is 0 Å². The van der Waals surface area contributed by atoms with Gasteiger partial charge in [0, 0.05) is 0 Å². The van der Waals surface area contributed by atoms with E-state index in [0.717, 1.165) is 24.8 Å². The summed E-state index contributed by atoms with van der Waals surface area (Å²) in [6.07, 6.45) is 4.78. The first-order chi connectivity index (χ1) is 5.61. The second-order valence-electron chi connectivity index (χ2n) is 3.66. The average Bonchev–Trinajstić information content (AvgIpc) is 2.09. The summed E-state index contributed by atoms with van der Waals surface area (Å²) in [6, 6.07) is 0. The smallest absolute Gasteiger partial charge is 0.111 e. The highest BCUT2D eigenvalue weighted by molar-refractivity contribution is 5.17. The average molecular weight is 170 g/mol. The number of hydrogen-bond donors (Lipinski definition) is 2. The Bertz CT molecular complexity index is 186. The number of hydrogen-bond acceptors (Lipinski definition) is 2. The van der Waals surface area contributed by atoms with Crippen molar-refractivity contribution in [2.24, 2.45) is 0 Å². The van der Waals surface area contributed by atoms with Crippen molar-refractivity contribution in [3.05, 3.63) is 11.6 Å². The molecule has 1 rings (SSSR count). The van der Waals surface area contributed by atoms with Gasteiger partial charge in [-0.3, -0.25) is 0 Å². The molecule has 70 valence electrons. The van der Waals surface area contributed by atoms with Gasteiger partial charge in [0.25, 0.3) is 0 Å². The molecular weight excluding hydrogens is 152 g/mol. The van der Waals surface area contributed by atoms with Gasteiger partial charge in [0.2, 0.25) is 0 Å². The number of aliphatic hydroxyl groups excluding tert-OH is 1. The quantitative estimate of drug-likeness (QED) is 0.587. The largest absolute Gasteiger partial charge is 0.390 e. The lowest BCUT2D eigenvalue weighted by Gasteiger charge is -2.37. The lowest BCUT2D eigenvalue weighted by atomic mass is 9.77. The van der Waals surface area contributed by atoms with E-state index in [1.807, 2.05) is 19.9 Å². The van der Waals surface area contributed by atoms with Crippen LogP contribution in [-0.4, -0.2) is 21.9 Å². The molecule has 0 bridgehead atoms. The Balaban J connectivity index is 2.79.